The number of nitrogens with zero attached hydrogens (tertiary/aromatic N) is 1. The molecule has 0 bridgehead atoms. The molecule has 0 saturated carbocycles. The zero-order chi connectivity index (χ0) is 13.0. The molecule has 3 nitrogen and oxygen atoms in total. The van der Waals surface area contributed by atoms with Gasteiger partial charge in [0.15, 0.2) is 0 Å². The molecule has 0 spiro atoms. The molecule has 18 heavy (non-hydrogen) atoms. The SMILES string of the molecule is C=C(C)c1ccc(N2CCNCC2COC)cc1. The molecule has 3 heteroatoms. The van der Waals surface area contributed by atoms with Gasteiger partial charge >= 0.3 is 0 Å². The molecule has 0 radical (unpaired) electrons. The third-order valence-electron chi connectivity index (χ3n) is 3.40. The number of anilines is 1. The van der Waals surface area contributed by atoms with Gasteiger partial charge in [0.2, 0.25) is 0 Å². The third kappa shape index (κ3) is 2.92. The van der Waals surface area contributed by atoms with Crippen LogP contribution < -0.4 is 10.2 Å². The lowest BCUT2D eigenvalue weighted by molar-refractivity contribution is 0.170. The molecule has 1 aromatic rings. The highest BCUT2D eigenvalue weighted by Crippen LogP contribution is 2.21. The number of hydrogen-bond acceptors (Lipinski definition) is 3. The average Bonchev–Trinajstić information content (AvgIpc) is 2.40. The van der Waals surface area contributed by atoms with Crippen LogP contribution >= 0.6 is 0 Å². The fourth-order valence-corrected chi connectivity index (χ4v) is 2.38. The fraction of sp³-hybridized carbons (Fsp3) is 0.467. The minimum atomic E-state index is 0.416. The van der Waals surface area contributed by atoms with Gasteiger partial charge in [-0.3, -0.25) is 0 Å². The van der Waals surface area contributed by atoms with Crippen molar-refractivity contribution in [2.75, 3.05) is 38.3 Å². The summed E-state index contributed by atoms with van der Waals surface area (Å²) < 4.78 is 5.30. The topological polar surface area (TPSA) is 24.5 Å². The number of piperazine rings is 1. The zero-order valence-electron chi connectivity index (χ0n) is 11.3. The Labute approximate surface area is 109 Å². The third-order valence-corrected chi connectivity index (χ3v) is 3.40. The maximum atomic E-state index is 5.30. The summed E-state index contributed by atoms with van der Waals surface area (Å²) in [6.45, 7) is 9.80. The van der Waals surface area contributed by atoms with Crippen molar-refractivity contribution in [3.63, 3.8) is 0 Å². The normalized spacial score (nSPS) is 19.9. The molecule has 1 saturated heterocycles. The van der Waals surface area contributed by atoms with Crippen molar-refractivity contribution in [1.29, 1.82) is 0 Å². The molecule has 1 heterocycles. The fourth-order valence-electron chi connectivity index (χ4n) is 2.38. The number of nitrogens with one attached hydrogen (secondary N) is 1. The van der Waals surface area contributed by atoms with Crippen LogP contribution in [0, 0.1) is 0 Å². The van der Waals surface area contributed by atoms with Crippen LogP contribution in [0.4, 0.5) is 5.69 Å². The maximum absolute atomic E-state index is 5.30. The Kier molecular flexibility index (Phi) is 4.39. The molecular formula is C15H22N2O. The van der Waals surface area contributed by atoms with Gasteiger partial charge in [0.25, 0.3) is 0 Å². The molecule has 1 N–H and O–H groups in total. The van der Waals surface area contributed by atoms with Crippen molar-refractivity contribution >= 4 is 11.3 Å². The van der Waals surface area contributed by atoms with Gasteiger partial charge in [-0.25, -0.2) is 0 Å². The van der Waals surface area contributed by atoms with Gasteiger partial charge in [-0.15, -0.1) is 0 Å². The Morgan fingerprint density at radius 1 is 1.44 bits per heavy atom. The summed E-state index contributed by atoms with van der Waals surface area (Å²) >= 11 is 0. The lowest BCUT2D eigenvalue weighted by Gasteiger charge is -2.37. The van der Waals surface area contributed by atoms with Crippen LogP contribution in [0.2, 0.25) is 0 Å². The van der Waals surface area contributed by atoms with E-state index in [0.717, 1.165) is 31.8 Å². The summed E-state index contributed by atoms with van der Waals surface area (Å²) in [4.78, 5) is 2.42. The first-order valence-corrected chi connectivity index (χ1v) is 6.44. The molecule has 1 aliphatic heterocycles. The van der Waals surface area contributed by atoms with Gasteiger partial charge < -0.3 is 15.0 Å². The first-order valence-electron chi connectivity index (χ1n) is 6.44. The highest BCUT2D eigenvalue weighted by molar-refractivity contribution is 5.64. The van der Waals surface area contributed by atoms with E-state index in [-0.39, 0.29) is 0 Å². The second-order valence-electron chi connectivity index (χ2n) is 4.83. The number of allylic oxidation sites excluding steroid dienone is 1. The van der Waals surface area contributed by atoms with E-state index in [2.05, 4.69) is 41.1 Å². The van der Waals surface area contributed by atoms with E-state index in [0.29, 0.717) is 6.04 Å². The second kappa shape index (κ2) is 6.03. The van der Waals surface area contributed by atoms with Gasteiger partial charge in [-0.05, 0) is 24.6 Å². The Morgan fingerprint density at radius 2 is 2.17 bits per heavy atom. The molecule has 0 aliphatic carbocycles. The molecule has 1 aromatic carbocycles. The summed E-state index contributed by atoms with van der Waals surface area (Å²) in [6, 6.07) is 9.06. The Bertz CT molecular complexity index is 397. The molecule has 1 unspecified atom stereocenters. The predicted molar refractivity (Wildman–Crippen MR) is 77.0 cm³/mol. The van der Waals surface area contributed by atoms with Crippen LogP contribution in [-0.2, 0) is 4.74 Å². The molecule has 1 fully saturated rings. The molecule has 1 atom stereocenters. The number of benzene rings is 1. The first-order chi connectivity index (χ1) is 8.72. The van der Waals surface area contributed by atoms with Crippen molar-refractivity contribution in [1.82, 2.24) is 5.32 Å². The highest BCUT2D eigenvalue weighted by atomic mass is 16.5. The van der Waals surface area contributed by atoms with Crippen LogP contribution in [0.15, 0.2) is 30.8 Å². The number of ether oxygens (including phenoxy) is 1. The summed E-state index contributed by atoms with van der Waals surface area (Å²) in [7, 11) is 1.76. The quantitative estimate of drug-likeness (QED) is 0.881. The number of rotatable bonds is 4. The lowest BCUT2D eigenvalue weighted by Crippen LogP contribution is -2.53. The summed E-state index contributed by atoms with van der Waals surface area (Å²) in [5.41, 5.74) is 3.58. The van der Waals surface area contributed by atoms with E-state index in [1.165, 1.54) is 11.3 Å². The Hall–Kier alpha value is -1.32. The van der Waals surface area contributed by atoms with Crippen molar-refractivity contribution in [2.45, 2.75) is 13.0 Å². The van der Waals surface area contributed by atoms with Crippen molar-refractivity contribution in [3.05, 3.63) is 36.4 Å². The van der Waals surface area contributed by atoms with Crippen molar-refractivity contribution in [2.24, 2.45) is 0 Å². The Morgan fingerprint density at radius 3 is 2.78 bits per heavy atom. The van der Waals surface area contributed by atoms with E-state index < -0.39 is 0 Å². The van der Waals surface area contributed by atoms with E-state index in [1.807, 2.05) is 6.92 Å². The van der Waals surface area contributed by atoms with Gasteiger partial charge in [0.05, 0.1) is 12.6 Å². The van der Waals surface area contributed by atoms with Crippen LogP contribution in [0.1, 0.15) is 12.5 Å². The average molecular weight is 246 g/mol. The van der Waals surface area contributed by atoms with Gasteiger partial charge in [-0.1, -0.05) is 24.3 Å². The highest BCUT2D eigenvalue weighted by Gasteiger charge is 2.22. The van der Waals surface area contributed by atoms with E-state index in [9.17, 15) is 0 Å². The summed E-state index contributed by atoms with van der Waals surface area (Å²) in [6.07, 6.45) is 0. The smallest absolute Gasteiger partial charge is 0.0678 e. The van der Waals surface area contributed by atoms with Crippen LogP contribution in [0.5, 0.6) is 0 Å². The van der Waals surface area contributed by atoms with E-state index in [4.69, 9.17) is 4.74 Å². The molecule has 1 aliphatic rings. The first kappa shape index (κ1) is 13.1. The second-order valence-corrected chi connectivity index (χ2v) is 4.83. The Balaban J connectivity index is 2.15. The van der Waals surface area contributed by atoms with Crippen molar-refractivity contribution < 1.29 is 4.74 Å². The van der Waals surface area contributed by atoms with Gasteiger partial charge in [0, 0.05) is 32.4 Å². The van der Waals surface area contributed by atoms with Gasteiger partial charge in [0.1, 0.15) is 0 Å². The maximum Gasteiger partial charge on any atom is 0.0678 e. The molecular weight excluding hydrogens is 224 g/mol. The van der Waals surface area contributed by atoms with E-state index >= 15 is 0 Å². The monoisotopic (exact) mass is 246 g/mol. The zero-order valence-corrected chi connectivity index (χ0v) is 11.3. The molecule has 2 rings (SSSR count). The van der Waals surface area contributed by atoms with Crippen molar-refractivity contribution in [3.8, 4) is 0 Å². The summed E-state index contributed by atoms with van der Waals surface area (Å²) in [5.74, 6) is 0. The largest absolute Gasteiger partial charge is 0.383 e. The van der Waals surface area contributed by atoms with Crippen LogP contribution in [0.25, 0.3) is 5.57 Å². The lowest BCUT2D eigenvalue weighted by atomic mass is 10.1. The van der Waals surface area contributed by atoms with Crippen LogP contribution in [-0.4, -0.2) is 39.4 Å². The molecule has 0 amide bonds. The number of hydrogen-bond donors (Lipinski definition) is 1. The van der Waals surface area contributed by atoms with Crippen LogP contribution in [0.3, 0.4) is 0 Å². The van der Waals surface area contributed by atoms with Gasteiger partial charge in [-0.2, -0.15) is 0 Å². The summed E-state index contributed by atoms with van der Waals surface area (Å²) in [5, 5.41) is 3.41. The molecule has 0 aromatic heterocycles. The molecule has 98 valence electrons. The van der Waals surface area contributed by atoms with E-state index in [1.54, 1.807) is 7.11 Å². The standard InChI is InChI=1S/C15H22N2O/c1-12(2)13-4-6-14(7-5-13)17-9-8-16-10-15(17)11-18-3/h4-7,15-16H,1,8-11H2,2-3H3. The minimum absolute atomic E-state index is 0.416. The number of methoxy groups -OCH3 is 1. The predicted octanol–water partition coefficient (Wildman–Crippen LogP) is 2.14. The minimum Gasteiger partial charge on any atom is -0.383 e.